The van der Waals surface area contributed by atoms with Gasteiger partial charge in [-0.25, -0.2) is 4.79 Å². The summed E-state index contributed by atoms with van der Waals surface area (Å²) in [6, 6.07) is 6.28. The molecule has 0 bridgehead atoms. The van der Waals surface area contributed by atoms with Crippen LogP contribution in [0.4, 0.5) is 0 Å². The fourth-order valence-corrected chi connectivity index (χ4v) is 1.79. The van der Waals surface area contributed by atoms with Gasteiger partial charge in [-0.3, -0.25) is 0 Å². The Bertz CT molecular complexity index is 483. The first kappa shape index (κ1) is 18.4. The van der Waals surface area contributed by atoms with Crippen molar-refractivity contribution in [1.82, 2.24) is 0 Å². The summed E-state index contributed by atoms with van der Waals surface area (Å²) in [5, 5.41) is 38.3. The molecule has 1 aromatic carbocycles. The van der Waals surface area contributed by atoms with Crippen LogP contribution in [-0.4, -0.2) is 64.5 Å². The van der Waals surface area contributed by atoms with E-state index in [-0.39, 0.29) is 13.0 Å². The third-order valence-electron chi connectivity index (χ3n) is 3.65. The lowest BCUT2D eigenvalue weighted by Crippen LogP contribution is -2.57. The van der Waals surface area contributed by atoms with Crippen LogP contribution in [0.15, 0.2) is 24.3 Å². The highest BCUT2D eigenvalue weighted by Gasteiger charge is 2.45. The fourth-order valence-electron chi connectivity index (χ4n) is 1.79. The van der Waals surface area contributed by atoms with E-state index in [0.29, 0.717) is 11.3 Å². The van der Waals surface area contributed by atoms with Gasteiger partial charge >= 0.3 is 5.97 Å². The zero-order valence-corrected chi connectivity index (χ0v) is 12.7. The summed E-state index contributed by atoms with van der Waals surface area (Å²) in [7, 11) is 1.51. The second-order valence-corrected chi connectivity index (χ2v) is 5.24. The summed E-state index contributed by atoms with van der Waals surface area (Å²) < 4.78 is 9.97. The quantitative estimate of drug-likeness (QED) is 0.487. The van der Waals surface area contributed by atoms with Crippen molar-refractivity contribution in [2.24, 2.45) is 0 Å². The van der Waals surface area contributed by atoms with Crippen molar-refractivity contribution in [3.63, 3.8) is 0 Å². The minimum atomic E-state index is -1.97. The summed E-state index contributed by atoms with van der Waals surface area (Å²) >= 11 is 0. The molecule has 2 atom stereocenters. The lowest BCUT2D eigenvalue weighted by Gasteiger charge is -2.38. The molecule has 7 heteroatoms. The molecule has 0 aliphatic rings. The van der Waals surface area contributed by atoms with Gasteiger partial charge in [-0.05, 0) is 31.2 Å². The van der Waals surface area contributed by atoms with Gasteiger partial charge < -0.3 is 29.9 Å². The van der Waals surface area contributed by atoms with Gasteiger partial charge in [0.25, 0.3) is 0 Å². The van der Waals surface area contributed by atoms with Gasteiger partial charge in [0.05, 0.1) is 32.5 Å². The van der Waals surface area contributed by atoms with E-state index in [4.69, 9.17) is 14.6 Å². The Labute approximate surface area is 128 Å². The summed E-state index contributed by atoms with van der Waals surface area (Å²) in [6.45, 7) is -0.552. The molecular weight excluding hydrogens is 292 g/mol. The van der Waals surface area contributed by atoms with Crippen LogP contribution < -0.4 is 4.74 Å². The van der Waals surface area contributed by atoms with E-state index in [9.17, 15) is 20.1 Å². The van der Waals surface area contributed by atoms with Gasteiger partial charge in [0.1, 0.15) is 17.0 Å². The smallest absolute Gasteiger partial charge is 0.338 e. The van der Waals surface area contributed by atoms with Crippen LogP contribution in [0.5, 0.6) is 5.75 Å². The van der Waals surface area contributed by atoms with E-state index in [1.807, 2.05) is 0 Å². The molecule has 0 saturated heterocycles. The van der Waals surface area contributed by atoms with E-state index >= 15 is 0 Å². The van der Waals surface area contributed by atoms with Crippen LogP contribution in [0.25, 0.3) is 0 Å². The second kappa shape index (κ2) is 7.55. The molecule has 7 nitrogen and oxygen atoms in total. The molecule has 22 heavy (non-hydrogen) atoms. The minimum absolute atomic E-state index is 0.223. The molecule has 0 spiro atoms. The summed E-state index contributed by atoms with van der Waals surface area (Å²) in [5.74, 6) is -0.00298. The lowest BCUT2D eigenvalue weighted by atomic mass is 9.83. The molecule has 0 aliphatic heterocycles. The van der Waals surface area contributed by atoms with Crippen LogP contribution in [0, 0.1) is 0 Å². The number of aliphatic hydroxyl groups excluding tert-OH is 2. The van der Waals surface area contributed by atoms with Gasteiger partial charge in [-0.2, -0.15) is 0 Å². The first-order chi connectivity index (χ1) is 10.3. The fraction of sp³-hybridized carbons (Fsp3) is 0.533. The number of esters is 1. The first-order valence-electron chi connectivity index (χ1n) is 6.77. The van der Waals surface area contributed by atoms with Crippen molar-refractivity contribution in [3.05, 3.63) is 29.8 Å². The van der Waals surface area contributed by atoms with Crippen molar-refractivity contribution < 1.29 is 34.7 Å². The van der Waals surface area contributed by atoms with Crippen molar-refractivity contribution in [1.29, 1.82) is 0 Å². The maximum absolute atomic E-state index is 11.8. The Morgan fingerprint density at radius 1 is 1.14 bits per heavy atom. The SMILES string of the molecule is COc1ccc(C(=O)OCC[C@](O)(CO)[C@@](C)(O)CO)cc1. The molecule has 0 fully saturated rings. The highest BCUT2D eigenvalue weighted by Crippen LogP contribution is 2.25. The van der Waals surface area contributed by atoms with Crippen LogP contribution in [0.2, 0.25) is 0 Å². The Balaban J connectivity index is 2.60. The molecule has 1 aromatic rings. The molecular formula is C15H22O7. The highest BCUT2D eigenvalue weighted by atomic mass is 16.5. The van der Waals surface area contributed by atoms with E-state index in [2.05, 4.69) is 0 Å². The Hall–Kier alpha value is -1.67. The number of hydrogen-bond acceptors (Lipinski definition) is 7. The van der Waals surface area contributed by atoms with Crippen molar-refractivity contribution in [2.75, 3.05) is 26.9 Å². The number of carbonyl (C=O) groups is 1. The lowest BCUT2D eigenvalue weighted by molar-refractivity contribution is -0.186. The molecule has 0 radical (unpaired) electrons. The molecule has 0 aromatic heterocycles. The number of hydrogen-bond donors (Lipinski definition) is 4. The van der Waals surface area contributed by atoms with E-state index < -0.39 is 30.4 Å². The first-order valence-corrected chi connectivity index (χ1v) is 6.77. The maximum atomic E-state index is 11.8. The number of benzene rings is 1. The Kier molecular flexibility index (Phi) is 6.31. The summed E-state index contributed by atoms with van der Waals surface area (Å²) in [6.07, 6.45) is -0.223. The molecule has 0 heterocycles. The van der Waals surface area contributed by atoms with Crippen LogP contribution in [-0.2, 0) is 4.74 Å². The third kappa shape index (κ3) is 4.17. The molecule has 0 amide bonds. The number of methoxy groups -OCH3 is 1. The van der Waals surface area contributed by atoms with E-state index in [0.717, 1.165) is 0 Å². The standard InChI is InChI=1S/C15H22O7/c1-14(19,9-16)15(20,10-17)7-8-22-13(18)11-3-5-12(21-2)6-4-11/h3-6,16-17,19-20H,7-10H2,1-2H3/t14-,15-/m0/s1. The largest absolute Gasteiger partial charge is 0.497 e. The highest BCUT2D eigenvalue weighted by molar-refractivity contribution is 5.89. The van der Waals surface area contributed by atoms with Crippen LogP contribution >= 0.6 is 0 Å². The van der Waals surface area contributed by atoms with Gasteiger partial charge in [-0.15, -0.1) is 0 Å². The Morgan fingerprint density at radius 3 is 2.18 bits per heavy atom. The molecule has 0 aliphatic carbocycles. The normalized spacial score (nSPS) is 16.5. The van der Waals surface area contributed by atoms with Gasteiger partial charge in [-0.1, -0.05) is 0 Å². The average molecular weight is 314 g/mol. The predicted molar refractivity (Wildman–Crippen MR) is 77.6 cm³/mol. The van der Waals surface area contributed by atoms with Gasteiger partial charge in [0.2, 0.25) is 0 Å². The van der Waals surface area contributed by atoms with Crippen molar-refractivity contribution in [2.45, 2.75) is 24.5 Å². The zero-order chi connectivity index (χ0) is 16.8. The van der Waals surface area contributed by atoms with Crippen LogP contribution in [0.3, 0.4) is 0 Å². The maximum Gasteiger partial charge on any atom is 0.338 e. The van der Waals surface area contributed by atoms with Crippen molar-refractivity contribution in [3.8, 4) is 5.75 Å². The molecule has 1 rings (SSSR count). The summed E-state index contributed by atoms with van der Waals surface area (Å²) in [5.41, 5.74) is -3.57. The van der Waals surface area contributed by atoms with Crippen molar-refractivity contribution >= 4 is 5.97 Å². The molecule has 4 N–H and O–H groups in total. The monoisotopic (exact) mass is 314 g/mol. The number of carbonyl (C=O) groups excluding carboxylic acids is 1. The number of ether oxygens (including phenoxy) is 2. The minimum Gasteiger partial charge on any atom is -0.497 e. The Morgan fingerprint density at radius 2 is 1.73 bits per heavy atom. The topological polar surface area (TPSA) is 116 Å². The number of aliphatic hydroxyl groups is 4. The van der Waals surface area contributed by atoms with E-state index in [1.54, 1.807) is 12.1 Å². The third-order valence-corrected chi connectivity index (χ3v) is 3.65. The van der Waals surface area contributed by atoms with Gasteiger partial charge in [0.15, 0.2) is 0 Å². The molecule has 0 unspecified atom stereocenters. The van der Waals surface area contributed by atoms with Crippen LogP contribution in [0.1, 0.15) is 23.7 Å². The van der Waals surface area contributed by atoms with Gasteiger partial charge in [0, 0.05) is 6.42 Å². The van der Waals surface area contributed by atoms with E-state index in [1.165, 1.54) is 26.2 Å². The predicted octanol–water partition coefficient (Wildman–Crippen LogP) is -0.291. The second-order valence-electron chi connectivity index (χ2n) is 5.24. The zero-order valence-electron chi connectivity index (χ0n) is 12.7. The summed E-state index contributed by atoms with van der Waals surface area (Å²) in [4.78, 5) is 11.8. The average Bonchev–Trinajstić information content (AvgIpc) is 2.54. The molecule has 0 saturated carbocycles. The molecule has 124 valence electrons. The number of rotatable bonds is 8.